The lowest BCUT2D eigenvalue weighted by atomic mass is 10.2. The summed E-state index contributed by atoms with van der Waals surface area (Å²) in [6.45, 7) is 10.6. The van der Waals surface area contributed by atoms with Gasteiger partial charge in [-0.1, -0.05) is 12.1 Å². The van der Waals surface area contributed by atoms with E-state index in [4.69, 9.17) is 18.9 Å². The molecule has 0 saturated heterocycles. The number of ether oxygens (including phenoxy) is 4. The van der Waals surface area contributed by atoms with Gasteiger partial charge in [0.05, 0.1) is 0 Å². The van der Waals surface area contributed by atoms with E-state index in [-0.39, 0.29) is 6.61 Å². The minimum atomic E-state index is -0.768. The molecule has 0 heterocycles. The topological polar surface area (TPSA) is 71.1 Å². The molecule has 0 N–H and O–H groups in total. The Morgan fingerprint density at radius 1 is 0.826 bits per heavy atom. The summed E-state index contributed by atoms with van der Waals surface area (Å²) < 4.78 is 20.1. The van der Waals surface area contributed by atoms with Gasteiger partial charge in [0.1, 0.15) is 23.6 Å². The van der Waals surface area contributed by atoms with Crippen LogP contribution in [0.25, 0.3) is 0 Å². The van der Waals surface area contributed by atoms with Gasteiger partial charge in [-0.05, 0) is 59.2 Å². The minimum absolute atomic E-state index is 0.0711. The number of benzene rings is 1. The lowest BCUT2D eigenvalue weighted by Crippen LogP contribution is -2.25. The molecule has 0 unspecified atom stereocenters. The molecular weight excluding hydrogens is 300 g/mol. The van der Waals surface area contributed by atoms with Crippen molar-refractivity contribution in [1.82, 2.24) is 0 Å². The van der Waals surface area contributed by atoms with Crippen LogP contribution in [0.15, 0.2) is 24.3 Å². The predicted octanol–water partition coefficient (Wildman–Crippen LogP) is 4.45. The van der Waals surface area contributed by atoms with Gasteiger partial charge in [-0.15, -0.1) is 0 Å². The minimum Gasteiger partial charge on any atom is -0.429 e. The van der Waals surface area contributed by atoms with Crippen molar-refractivity contribution in [2.24, 2.45) is 0 Å². The van der Waals surface area contributed by atoms with Crippen LogP contribution >= 0.6 is 0 Å². The fraction of sp³-hybridized carbons (Fsp3) is 0.529. The predicted molar refractivity (Wildman–Crippen MR) is 84.3 cm³/mol. The van der Waals surface area contributed by atoms with Gasteiger partial charge in [0.15, 0.2) is 0 Å². The Bertz CT molecular complexity index is 534. The molecule has 6 heteroatoms. The molecule has 0 aliphatic carbocycles. The number of rotatable bonds is 3. The maximum Gasteiger partial charge on any atom is 0.514 e. The standard InChI is InChI=1S/C17H24O6/c1-16(2,3)22-14(18)20-11-12-7-9-13(10-8-12)21-15(19)23-17(4,5)6/h7-10H,11H2,1-6H3. The monoisotopic (exact) mass is 324 g/mol. The first-order valence-corrected chi connectivity index (χ1v) is 7.30. The Morgan fingerprint density at radius 3 is 1.78 bits per heavy atom. The average molecular weight is 324 g/mol. The maximum atomic E-state index is 11.5. The Balaban J connectivity index is 2.48. The van der Waals surface area contributed by atoms with Crippen LogP contribution in [0.1, 0.15) is 47.1 Å². The van der Waals surface area contributed by atoms with Crippen molar-refractivity contribution in [2.75, 3.05) is 0 Å². The van der Waals surface area contributed by atoms with E-state index in [2.05, 4.69) is 0 Å². The van der Waals surface area contributed by atoms with Crippen molar-refractivity contribution in [2.45, 2.75) is 59.4 Å². The van der Waals surface area contributed by atoms with E-state index < -0.39 is 23.5 Å². The molecule has 1 aromatic carbocycles. The summed E-state index contributed by atoms with van der Waals surface area (Å²) in [7, 11) is 0. The number of hydrogen-bond acceptors (Lipinski definition) is 6. The van der Waals surface area contributed by atoms with Crippen LogP contribution in [0.2, 0.25) is 0 Å². The zero-order valence-electron chi connectivity index (χ0n) is 14.5. The molecule has 0 aliphatic heterocycles. The van der Waals surface area contributed by atoms with Crippen LogP contribution < -0.4 is 4.74 Å². The molecule has 0 atom stereocenters. The van der Waals surface area contributed by atoms with E-state index in [0.29, 0.717) is 5.75 Å². The molecule has 0 amide bonds. The van der Waals surface area contributed by atoms with Crippen molar-refractivity contribution >= 4 is 12.3 Å². The molecule has 128 valence electrons. The number of hydrogen-bond donors (Lipinski definition) is 0. The lowest BCUT2D eigenvalue weighted by molar-refractivity contribution is -0.0108. The summed E-state index contributed by atoms with van der Waals surface area (Å²) >= 11 is 0. The lowest BCUT2D eigenvalue weighted by Gasteiger charge is -2.19. The van der Waals surface area contributed by atoms with Gasteiger partial charge in [-0.25, -0.2) is 9.59 Å². The van der Waals surface area contributed by atoms with Crippen LogP contribution in [0.3, 0.4) is 0 Å². The van der Waals surface area contributed by atoms with E-state index >= 15 is 0 Å². The van der Waals surface area contributed by atoms with Crippen LogP contribution in [-0.4, -0.2) is 23.5 Å². The van der Waals surface area contributed by atoms with Crippen LogP contribution in [-0.2, 0) is 20.8 Å². The molecule has 23 heavy (non-hydrogen) atoms. The SMILES string of the molecule is CC(C)(C)OC(=O)OCc1ccc(OC(=O)OC(C)(C)C)cc1. The number of carbonyl (C=O) groups is 2. The van der Waals surface area contributed by atoms with E-state index in [0.717, 1.165) is 5.56 Å². The molecule has 0 aliphatic rings. The van der Waals surface area contributed by atoms with Gasteiger partial charge in [-0.3, -0.25) is 0 Å². The first-order chi connectivity index (χ1) is 10.4. The van der Waals surface area contributed by atoms with Crippen LogP contribution in [0.4, 0.5) is 9.59 Å². The van der Waals surface area contributed by atoms with E-state index in [1.807, 2.05) is 0 Å². The second-order valence-corrected chi connectivity index (χ2v) is 6.96. The zero-order valence-corrected chi connectivity index (χ0v) is 14.5. The normalized spacial score (nSPS) is 11.6. The molecule has 0 saturated carbocycles. The van der Waals surface area contributed by atoms with Crippen molar-refractivity contribution in [3.63, 3.8) is 0 Å². The Kier molecular flexibility index (Phi) is 6.01. The van der Waals surface area contributed by atoms with E-state index in [1.165, 1.54) is 0 Å². The summed E-state index contributed by atoms with van der Waals surface area (Å²) in [6.07, 6.45) is -1.50. The van der Waals surface area contributed by atoms with Crippen molar-refractivity contribution in [3.05, 3.63) is 29.8 Å². The maximum absolute atomic E-state index is 11.5. The smallest absolute Gasteiger partial charge is 0.429 e. The second kappa shape index (κ2) is 7.35. The summed E-state index contributed by atoms with van der Waals surface area (Å²) in [5, 5.41) is 0. The molecule has 0 aromatic heterocycles. The molecule has 0 spiro atoms. The van der Waals surface area contributed by atoms with Crippen molar-refractivity contribution < 1.29 is 28.5 Å². The van der Waals surface area contributed by atoms with Gasteiger partial charge in [0.2, 0.25) is 0 Å². The van der Waals surface area contributed by atoms with Gasteiger partial charge in [0.25, 0.3) is 0 Å². The average Bonchev–Trinajstić information content (AvgIpc) is 2.33. The summed E-state index contributed by atoms with van der Waals surface area (Å²) in [6, 6.07) is 6.56. The van der Waals surface area contributed by atoms with Gasteiger partial charge in [-0.2, -0.15) is 0 Å². The highest BCUT2D eigenvalue weighted by atomic mass is 16.7. The summed E-state index contributed by atoms with van der Waals surface area (Å²) in [4.78, 5) is 23.0. The summed E-state index contributed by atoms with van der Waals surface area (Å²) in [5.41, 5.74) is -0.465. The van der Waals surface area contributed by atoms with Crippen LogP contribution in [0, 0.1) is 0 Å². The number of carbonyl (C=O) groups excluding carboxylic acids is 2. The molecule has 0 radical (unpaired) electrons. The van der Waals surface area contributed by atoms with Crippen molar-refractivity contribution in [1.29, 1.82) is 0 Å². The fourth-order valence-corrected chi connectivity index (χ4v) is 1.44. The largest absolute Gasteiger partial charge is 0.514 e. The second-order valence-electron chi connectivity index (χ2n) is 6.96. The third kappa shape index (κ3) is 8.70. The molecule has 0 bridgehead atoms. The molecule has 1 aromatic rings. The third-order valence-corrected chi connectivity index (χ3v) is 2.26. The quantitative estimate of drug-likeness (QED) is 0.604. The first kappa shape index (κ1) is 18.8. The van der Waals surface area contributed by atoms with Crippen LogP contribution in [0.5, 0.6) is 5.75 Å². The highest BCUT2D eigenvalue weighted by Crippen LogP contribution is 2.16. The molecule has 6 nitrogen and oxygen atoms in total. The van der Waals surface area contributed by atoms with Gasteiger partial charge < -0.3 is 18.9 Å². The first-order valence-electron chi connectivity index (χ1n) is 7.30. The Labute approximate surface area is 136 Å². The van der Waals surface area contributed by atoms with Gasteiger partial charge >= 0.3 is 12.3 Å². The van der Waals surface area contributed by atoms with Crippen molar-refractivity contribution in [3.8, 4) is 5.75 Å². The third-order valence-electron chi connectivity index (χ3n) is 2.26. The molecular formula is C17H24O6. The molecule has 0 fully saturated rings. The van der Waals surface area contributed by atoms with E-state index in [9.17, 15) is 9.59 Å². The Morgan fingerprint density at radius 2 is 1.30 bits per heavy atom. The zero-order chi connectivity index (χ0) is 17.7. The highest BCUT2D eigenvalue weighted by molar-refractivity contribution is 5.64. The summed E-state index contributed by atoms with van der Waals surface area (Å²) in [5.74, 6) is 0.347. The highest BCUT2D eigenvalue weighted by Gasteiger charge is 2.19. The molecule has 1 rings (SSSR count). The fourth-order valence-electron chi connectivity index (χ4n) is 1.44. The van der Waals surface area contributed by atoms with Gasteiger partial charge in [0, 0.05) is 0 Å². The van der Waals surface area contributed by atoms with E-state index in [1.54, 1.807) is 65.8 Å². The Hall–Kier alpha value is -2.24.